The van der Waals surface area contributed by atoms with Gasteiger partial charge in [0.05, 0.1) is 14.2 Å². The molecule has 0 amide bonds. The van der Waals surface area contributed by atoms with Crippen molar-refractivity contribution < 1.29 is 9.47 Å². The van der Waals surface area contributed by atoms with E-state index >= 15 is 0 Å². The van der Waals surface area contributed by atoms with Gasteiger partial charge in [-0.15, -0.1) is 0 Å². The van der Waals surface area contributed by atoms with E-state index < -0.39 is 0 Å². The molecule has 0 atom stereocenters. The zero-order valence-corrected chi connectivity index (χ0v) is 7.91. The molecule has 72 valence electrons. The van der Waals surface area contributed by atoms with Gasteiger partial charge >= 0.3 is 0 Å². The van der Waals surface area contributed by atoms with Crippen molar-refractivity contribution >= 4 is 0 Å². The minimum absolute atomic E-state index is 0.558. The van der Waals surface area contributed by atoms with Crippen molar-refractivity contribution in [2.45, 2.75) is 6.42 Å². The minimum Gasteiger partial charge on any atom is -0.496 e. The largest absolute Gasteiger partial charge is 0.496 e. The van der Waals surface area contributed by atoms with Crippen LogP contribution in [0.1, 0.15) is 5.69 Å². The fraction of sp³-hybridized carbons (Fsp3) is 0.444. The summed E-state index contributed by atoms with van der Waals surface area (Å²) in [7, 11) is 3.19. The number of nitrogens with two attached hydrogens (primary N) is 1. The van der Waals surface area contributed by atoms with Gasteiger partial charge in [-0.05, 0) is 6.54 Å². The Morgan fingerprint density at radius 1 is 1.31 bits per heavy atom. The topological polar surface area (TPSA) is 57.4 Å². The third-order valence-electron chi connectivity index (χ3n) is 1.67. The lowest BCUT2D eigenvalue weighted by atomic mass is 10.2. The van der Waals surface area contributed by atoms with E-state index in [-0.39, 0.29) is 0 Å². The average Bonchev–Trinajstić information content (AvgIpc) is 2.17. The molecule has 0 aromatic carbocycles. The molecule has 0 aliphatic rings. The number of methoxy groups -OCH3 is 2. The van der Waals surface area contributed by atoms with E-state index in [9.17, 15) is 0 Å². The highest BCUT2D eigenvalue weighted by Crippen LogP contribution is 2.18. The summed E-state index contributed by atoms with van der Waals surface area (Å²) in [5.41, 5.74) is 6.31. The number of aromatic nitrogens is 1. The van der Waals surface area contributed by atoms with E-state index in [4.69, 9.17) is 15.2 Å². The average molecular weight is 182 g/mol. The predicted molar refractivity (Wildman–Crippen MR) is 50.1 cm³/mol. The Bertz CT molecular complexity index is 254. The fourth-order valence-corrected chi connectivity index (χ4v) is 1.03. The Morgan fingerprint density at radius 3 is 2.62 bits per heavy atom. The predicted octanol–water partition coefficient (Wildman–Crippen LogP) is 0.600. The maximum Gasteiger partial charge on any atom is 0.216 e. The molecule has 0 aliphatic carbocycles. The van der Waals surface area contributed by atoms with Gasteiger partial charge in [-0.25, -0.2) is 4.98 Å². The van der Waals surface area contributed by atoms with E-state index in [0.717, 1.165) is 17.9 Å². The van der Waals surface area contributed by atoms with Crippen LogP contribution >= 0.6 is 0 Å². The molecule has 1 aromatic heterocycles. The van der Waals surface area contributed by atoms with Gasteiger partial charge in [0.2, 0.25) is 5.88 Å². The van der Waals surface area contributed by atoms with Crippen molar-refractivity contribution in [2.24, 2.45) is 5.73 Å². The maximum absolute atomic E-state index is 5.42. The first kappa shape index (κ1) is 9.80. The van der Waals surface area contributed by atoms with Gasteiger partial charge < -0.3 is 15.2 Å². The summed E-state index contributed by atoms with van der Waals surface area (Å²) in [6.45, 7) is 0.573. The van der Waals surface area contributed by atoms with Crippen molar-refractivity contribution in [1.82, 2.24) is 4.98 Å². The Hall–Kier alpha value is -1.29. The van der Waals surface area contributed by atoms with Crippen molar-refractivity contribution in [3.05, 3.63) is 17.8 Å². The SMILES string of the molecule is COc1cc(CCN)nc(OC)c1. The highest BCUT2D eigenvalue weighted by atomic mass is 16.5. The summed E-state index contributed by atoms with van der Waals surface area (Å²) in [5.74, 6) is 1.30. The Kier molecular flexibility index (Phi) is 3.52. The van der Waals surface area contributed by atoms with Crippen LogP contribution in [0.25, 0.3) is 0 Å². The number of ether oxygens (including phenoxy) is 2. The van der Waals surface area contributed by atoms with E-state index in [2.05, 4.69) is 4.98 Å². The van der Waals surface area contributed by atoms with Crippen LogP contribution in [-0.2, 0) is 6.42 Å². The summed E-state index contributed by atoms with van der Waals surface area (Å²) < 4.78 is 10.1. The second-order valence-electron chi connectivity index (χ2n) is 2.58. The summed E-state index contributed by atoms with van der Waals surface area (Å²) in [4.78, 5) is 4.21. The van der Waals surface area contributed by atoms with E-state index in [0.29, 0.717) is 12.4 Å². The van der Waals surface area contributed by atoms with Gasteiger partial charge in [-0.2, -0.15) is 0 Å². The first-order chi connectivity index (χ1) is 6.30. The van der Waals surface area contributed by atoms with Gasteiger partial charge in [0.1, 0.15) is 5.75 Å². The first-order valence-corrected chi connectivity index (χ1v) is 4.09. The third-order valence-corrected chi connectivity index (χ3v) is 1.67. The molecule has 0 saturated heterocycles. The summed E-state index contributed by atoms with van der Waals surface area (Å²) in [5, 5.41) is 0. The van der Waals surface area contributed by atoms with E-state index in [1.54, 1.807) is 20.3 Å². The second kappa shape index (κ2) is 4.67. The molecular formula is C9H14N2O2. The second-order valence-corrected chi connectivity index (χ2v) is 2.58. The Labute approximate surface area is 77.7 Å². The van der Waals surface area contributed by atoms with Gasteiger partial charge in [-0.1, -0.05) is 0 Å². The highest BCUT2D eigenvalue weighted by Gasteiger charge is 2.01. The number of nitrogens with zero attached hydrogens (tertiary/aromatic N) is 1. The molecule has 4 nitrogen and oxygen atoms in total. The standard InChI is InChI=1S/C9H14N2O2/c1-12-8-5-7(3-4-10)11-9(6-8)13-2/h5-6H,3-4,10H2,1-2H3. The molecule has 0 spiro atoms. The maximum atomic E-state index is 5.42. The van der Waals surface area contributed by atoms with Gasteiger partial charge in [-0.3, -0.25) is 0 Å². The van der Waals surface area contributed by atoms with Crippen LogP contribution in [0.5, 0.6) is 11.6 Å². The monoisotopic (exact) mass is 182 g/mol. The molecule has 1 heterocycles. The van der Waals surface area contributed by atoms with Crippen molar-refractivity contribution in [3.63, 3.8) is 0 Å². The molecule has 4 heteroatoms. The molecule has 1 aromatic rings. The number of hydrogen-bond donors (Lipinski definition) is 1. The molecule has 0 saturated carbocycles. The van der Waals surface area contributed by atoms with E-state index in [1.165, 1.54) is 0 Å². The lowest BCUT2D eigenvalue weighted by Gasteiger charge is -2.06. The van der Waals surface area contributed by atoms with Crippen LogP contribution in [0, 0.1) is 0 Å². The van der Waals surface area contributed by atoms with Gasteiger partial charge in [0, 0.05) is 24.2 Å². The molecule has 2 N–H and O–H groups in total. The summed E-state index contributed by atoms with van der Waals surface area (Å²) in [6, 6.07) is 3.59. The molecule has 13 heavy (non-hydrogen) atoms. The molecular weight excluding hydrogens is 168 g/mol. The molecule has 0 bridgehead atoms. The quantitative estimate of drug-likeness (QED) is 0.740. The van der Waals surface area contributed by atoms with Crippen LogP contribution in [0.2, 0.25) is 0 Å². The van der Waals surface area contributed by atoms with Crippen molar-refractivity contribution in [2.75, 3.05) is 20.8 Å². The fourth-order valence-electron chi connectivity index (χ4n) is 1.03. The summed E-state index contributed by atoms with van der Waals surface area (Å²) >= 11 is 0. The molecule has 0 aliphatic heterocycles. The molecule has 0 radical (unpaired) electrons. The van der Waals surface area contributed by atoms with Crippen molar-refractivity contribution in [1.29, 1.82) is 0 Å². The Morgan fingerprint density at radius 2 is 2.08 bits per heavy atom. The third kappa shape index (κ3) is 2.59. The van der Waals surface area contributed by atoms with Crippen molar-refractivity contribution in [3.8, 4) is 11.6 Å². The van der Waals surface area contributed by atoms with Crippen LogP contribution in [0.4, 0.5) is 0 Å². The lowest BCUT2D eigenvalue weighted by molar-refractivity contribution is 0.380. The zero-order chi connectivity index (χ0) is 9.68. The smallest absolute Gasteiger partial charge is 0.216 e. The van der Waals surface area contributed by atoms with Crippen LogP contribution in [0.15, 0.2) is 12.1 Å². The molecule has 0 fully saturated rings. The minimum atomic E-state index is 0.558. The number of hydrogen-bond acceptors (Lipinski definition) is 4. The molecule has 1 rings (SSSR count). The van der Waals surface area contributed by atoms with Crippen LogP contribution in [-0.4, -0.2) is 25.7 Å². The van der Waals surface area contributed by atoms with Gasteiger partial charge in [0.15, 0.2) is 0 Å². The first-order valence-electron chi connectivity index (χ1n) is 4.09. The van der Waals surface area contributed by atoms with Gasteiger partial charge in [0.25, 0.3) is 0 Å². The number of rotatable bonds is 4. The normalized spacial score (nSPS) is 9.77. The zero-order valence-electron chi connectivity index (χ0n) is 7.91. The number of pyridine rings is 1. The highest BCUT2D eigenvalue weighted by molar-refractivity contribution is 5.30. The van der Waals surface area contributed by atoms with Crippen LogP contribution < -0.4 is 15.2 Å². The molecule has 0 unspecified atom stereocenters. The van der Waals surface area contributed by atoms with Crippen LogP contribution in [0.3, 0.4) is 0 Å². The van der Waals surface area contributed by atoms with E-state index in [1.807, 2.05) is 6.07 Å². The summed E-state index contributed by atoms with van der Waals surface area (Å²) in [6.07, 6.45) is 0.730. The lowest BCUT2D eigenvalue weighted by Crippen LogP contribution is -2.05. The Balaban J connectivity index is 2.93.